The van der Waals surface area contributed by atoms with Gasteiger partial charge in [-0.05, 0) is 17.7 Å². The van der Waals surface area contributed by atoms with Crippen molar-refractivity contribution in [2.75, 3.05) is 28.4 Å². The topological polar surface area (TPSA) is 95.1 Å². The molecule has 2 N–H and O–H groups in total. The molecule has 0 bridgehead atoms. The van der Waals surface area contributed by atoms with Crippen molar-refractivity contribution in [2.24, 2.45) is 0 Å². The zero-order chi connectivity index (χ0) is 17.0. The van der Waals surface area contributed by atoms with Gasteiger partial charge < -0.3 is 29.6 Å². The number of urea groups is 1. The fraction of sp³-hybridized carbons (Fsp3) is 0.333. The first-order valence-electron chi connectivity index (χ1n) is 6.71. The lowest BCUT2D eigenvalue weighted by atomic mass is 9.97. The third kappa shape index (κ3) is 3.15. The molecule has 1 unspecified atom stereocenters. The lowest BCUT2D eigenvalue weighted by Gasteiger charge is -2.26. The van der Waals surface area contributed by atoms with Gasteiger partial charge in [-0.3, -0.25) is 0 Å². The van der Waals surface area contributed by atoms with E-state index >= 15 is 0 Å². The Morgan fingerprint density at radius 2 is 1.65 bits per heavy atom. The summed E-state index contributed by atoms with van der Waals surface area (Å²) in [4.78, 5) is 23.5. The maximum atomic E-state index is 11.9. The average Bonchev–Trinajstić information content (AvgIpc) is 2.59. The predicted molar refractivity (Wildman–Crippen MR) is 80.6 cm³/mol. The second-order valence-corrected chi connectivity index (χ2v) is 4.60. The first kappa shape index (κ1) is 16.5. The number of carbonyl (C=O) groups is 2. The fourth-order valence-electron chi connectivity index (χ4n) is 2.30. The van der Waals surface area contributed by atoms with Gasteiger partial charge >= 0.3 is 12.0 Å². The molecular weight excluding hydrogens is 304 g/mol. The van der Waals surface area contributed by atoms with E-state index in [0.717, 1.165) is 0 Å². The van der Waals surface area contributed by atoms with Crippen LogP contribution in [-0.2, 0) is 9.53 Å². The number of ether oxygens (including phenoxy) is 4. The molecule has 8 nitrogen and oxygen atoms in total. The summed E-state index contributed by atoms with van der Waals surface area (Å²) in [5.74, 6) is 0.691. The molecule has 1 heterocycles. The van der Waals surface area contributed by atoms with Gasteiger partial charge in [0.25, 0.3) is 0 Å². The summed E-state index contributed by atoms with van der Waals surface area (Å²) in [5, 5.41) is 5.09. The molecule has 8 heteroatoms. The normalized spacial score (nSPS) is 16.6. The van der Waals surface area contributed by atoms with Gasteiger partial charge in [-0.2, -0.15) is 0 Å². The molecule has 0 aromatic heterocycles. The Bertz CT molecular complexity index is 630. The minimum Gasteiger partial charge on any atom is -0.493 e. The van der Waals surface area contributed by atoms with Crippen molar-refractivity contribution in [3.05, 3.63) is 29.5 Å². The molecule has 1 atom stereocenters. The summed E-state index contributed by atoms with van der Waals surface area (Å²) < 4.78 is 20.6. The molecule has 1 aromatic carbocycles. The maximum Gasteiger partial charge on any atom is 0.337 e. The number of nitrogens with one attached hydrogen (secondary N) is 2. The van der Waals surface area contributed by atoms with Gasteiger partial charge in [-0.1, -0.05) is 0 Å². The van der Waals surface area contributed by atoms with Crippen molar-refractivity contribution in [1.29, 1.82) is 0 Å². The van der Waals surface area contributed by atoms with E-state index in [9.17, 15) is 9.59 Å². The summed E-state index contributed by atoms with van der Waals surface area (Å²) in [6.07, 6.45) is 1.32. The molecule has 124 valence electrons. The van der Waals surface area contributed by atoms with Crippen LogP contribution < -0.4 is 24.8 Å². The predicted octanol–water partition coefficient (Wildman–Crippen LogP) is 1.12. The molecule has 0 saturated heterocycles. The lowest BCUT2D eigenvalue weighted by molar-refractivity contribution is -0.136. The SMILES string of the molecule is COC(=O)C1=CNC(=O)NC1c1cc(OC)c(OC)c(OC)c1. The van der Waals surface area contributed by atoms with Gasteiger partial charge in [-0.15, -0.1) is 0 Å². The summed E-state index contributed by atoms with van der Waals surface area (Å²) in [6, 6.07) is 2.18. The number of carbonyl (C=O) groups excluding carboxylic acids is 2. The average molecular weight is 322 g/mol. The second kappa shape index (κ2) is 6.91. The zero-order valence-electron chi connectivity index (χ0n) is 13.3. The number of hydrogen-bond donors (Lipinski definition) is 2. The largest absolute Gasteiger partial charge is 0.493 e. The van der Waals surface area contributed by atoms with Gasteiger partial charge in [0.2, 0.25) is 5.75 Å². The van der Waals surface area contributed by atoms with E-state index in [0.29, 0.717) is 22.8 Å². The number of methoxy groups -OCH3 is 4. The number of amides is 2. The van der Waals surface area contributed by atoms with E-state index in [1.54, 1.807) is 12.1 Å². The second-order valence-electron chi connectivity index (χ2n) is 4.60. The quantitative estimate of drug-likeness (QED) is 0.789. The Morgan fingerprint density at radius 1 is 1.04 bits per heavy atom. The molecule has 2 rings (SSSR count). The van der Waals surface area contributed by atoms with Gasteiger partial charge in [0.1, 0.15) is 0 Å². The lowest BCUT2D eigenvalue weighted by Crippen LogP contribution is -2.42. The molecule has 2 amide bonds. The van der Waals surface area contributed by atoms with Crippen LogP contribution in [0, 0.1) is 0 Å². The molecular formula is C15H18N2O6. The Labute approximate surface area is 133 Å². The van der Waals surface area contributed by atoms with Crippen molar-refractivity contribution < 1.29 is 28.5 Å². The molecule has 0 fully saturated rings. The molecule has 1 aliphatic rings. The fourth-order valence-corrected chi connectivity index (χ4v) is 2.30. The molecule has 0 aliphatic carbocycles. The van der Waals surface area contributed by atoms with E-state index in [4.69, 9.17) is 18.9 Å². The van der Waals surface area contributed by atoms with Crippen molar-refractivity contribution in [3.63, 3.8) is 0 Å². The number of rotatable bonds is 5. The van der Waals surface area contributed by atoms with E-state index < -0.39 is 18.0 Å². The van der Waals surface area contributed by atoms with Crippen molar-refractivity contribution in [2.45, 2.75) is 6.04 Å². The van der Waals surface area contributed by atoms with Gasteiger partial charge in [0.05, 0.1) is 40.1 Å². The van der Waals surface area contributed by atoms with Crippen LogP contribution in [0.5, 0.6) is 17.2 Å². The first-order valence-corrected chi connectivity index (χ1v) is 6.71. The minimum atomic E-state index is -0.704. The molecule has 23 heavy (non-hydrogen) atoms. The van der Waals surface area contributed by atoms with Crippen LogP contribution in [0.1, 0.15) is 11.6 Å². The third-order valence-electron chi connectivity index (χ3n) is 3.39. The molecule has 1 aliphatic heterocycles. The van der Waals surface area contributed by atoms with Crippen LogP contribution in [0.4, 0.5) is 4.79 Å². The van der Waals surface area contributed by atoms with E-state index in [1.165, 1.54) is 34.6 Å². The number of benzene rings is 1. The van der Waals surface area contributed by atoms with Crippen molar-refractivity contribution in [3.8, 4) is 17.2 Å². The Kier molecular flexibility index (Phi) is 4.95. The van der Waals surface area contributed by atoms with Crippen LogP contribution in [0.2, 0.25) is 0 Å². The maximum absolute atomic E-state index is 11.9. The van der Waals surface area contributed by atoms with E-state index in [-0.39, 0.29) is 5.57 Å². The van der Waals surface area contributed by atoms with Crippen LogP contribution in [0.15, 0.2) is 23.9 Å². The standard InChI is InChI=1S/C15H18N2O6/c1-20-10-5-8(6-11(21-2)13(10)22-3)12-9(14(18)23-4)7-16-15(19)17-12/h5-7,12H,1-4H3,(H2,16,17,19). The van der Waals surface area contributed by atoms with Gasteiger partial charge in [0, 0.05) is 6.20 Å². The van der Waals surface area contributed by atoms with E-state index in [2.05, 4.69) is 10.6 Å². The van der Waals surface area contributed by atoms with E-state index in [1.807, 2.05) is 0 Å². The van der Waals surface area contributed by atoms with Gasteiger partial charge in [0.15, 0.2) is 11.5 Å². The molecule has 1 aromatic rings. The van der Waals surface area contributed by atoms with Crippen LogP contribution in [-0.4, -0.2) is 40.4 Å². The van der Waals surface area contributed by atoms with Gasteiger partial charge in [-0.25, -0.2) is 9.59 Å². The first-order chi connectivity index (χ1) is 11.0. The minimum absolute atomic E-state index is 0.251. The van der Waals surface area contributed by atoms with Crippen molar-refractivity contribution in [1.82, 2.24) is 10.6 Å². The summed E-state index contributed by atoms with van der Waals surface area (Å²) in [7, 11) is 5.73. The van der Waals surface area contributed by atoms with Crippen molar-refractivity contribution >= 4 is 12.0 Å². The highest BCUT2D eigenvalue weighted by Gasteiger charge is 2.30. The number of hydrogen-bond acceptors (Lipinski definition) is 6. The highest BCUT2D eigenvalue weighted by atomic mass is 16.5. The molecule has 0 radical (unpaired) electrons. The summed E-state index contributed by atoms with van der Waals surface area (Å²) >= 11 is 0. The van der Waals surface area contributed by atoms with Crippen LogP contribution in [0.25, 0.3) is 0 Å². The molecule has 0 saturated carbocycles. The highest BCUT2D eigenvalue weighted by molar-refractivity contribution is 5.93. The number of esters is 1. The Morgan fingerprint density at radius 3 is 2.13 bits per heavy atom. The Balaban J connectivity index is 2.54. The molecule has 0 spiro atoms. The zero-order valence-corrected chi connectivity index (χ0v) is 13.3. The van der Waals surface area contributed by atoms with Crippen LogP contribution in [0.3, 0.4) is 0 Å². The highest BCUT2D eigenvalue weighted by Crippen LogP contribution is 2.41. The third-order valence-corrected chi connectivity index (χ3v) is 3.39. The smallest absolute Gasteiger partial charge is 0.337 e. The summed E-state index contributed by atoms with van der Waals surface area (Å²) in [6.45, 7) is 0. The monoisotopic (exact) mass is 322 g/mol. The summed E-state index contributed by atoms with van der Waals surface area (Å²) in [5.41, 5.74) is 0.840. The van der Waals surface area contributed by atoms with Crippen LogP contribution >= 0.6 is 0 Å². The Hall–Kier alpha value is -2.90.